The Balaban J connectivity index is 2.01. The molecule has 7 heteroatoms. The number of nitrogens with two attached hydrogens (primary N) is 2. The van der Waals surface area contributed by atoms with Crippen LogP contribution in [0.3, 0.4) is 0 Å². The van der Waals surface area contributed by atoms with Gasteiger partial charge in [0.05, 0.1) is 12.1 Å². The molecule has 1 aliphatic carbocycles. The fourth-order valence-corrected chi connectivity index (χ4v) is 2.95. The van der Waals surface area contributed by atoms with Crippen molar-refractivity contribution in [1.29, 1.82) is 0 Å². The number of rotatable bonds is 2. The van der Waals surface area contributed by atoms with Crippen LogP contribution in [0.2, 0.25) is 0 Å². The molecule has 82 valence electrons. The van der Waals surface area contributed by atoms with Crippen LogP contribution in [0.15, 0.2) is 0 Å². The van der Waals surface area contributed by atoms with E-state index >= 15 is 0 Å². The molecule has 0 aromatic rings. The van der Waals surface area contributed by atoms with Gasteiger partial charge in [-0.25, -0.2) is 5.14 Å². The predicted octanol–water partition coefficient (Wildman–Crippen LogP) is -1.72. The maximum absolute atomic E-state index is 10.8. The first kappa shape index (κ1) is 10.3. The Morgan fingerprint density at radius 2 is 2.14 bits per heavy atom. The summed E-state index contributed by atoms with van der Waals surface area (Å²) in [5.74, 6) is 0.281. The van der Waals surface area contributed by atoms with Crippen LogP contribution >= 0.6 is 0 Å². The molecular weight excluding hydrogens is 206 g/mol. The van der Waals surface area contributed by atoms with E-state index < -0.39 is 10.2 Å². The minimum Gasteiger partial charge on any atom is -0.376 e. The lowest BCUT2D eigenvalue weighted by Crippen LogP contribution is -2.72. The van der Waals surface area contributed by atoms with Crippen molar-refractivity contribution in [3.05, 3.63) is 0 Å². The predicted molar refractivity (Wildman–Crippen MR) is 50.5 cm³/mol. The quantitative estimate of drug-likeness (QED) is 0.515. The van der Waals surface area contributed by atoms with E-state index in [4.69, 9.17) is 15.6 Å². The lowest BCUT2D eigenvalue weighted by molar-refractivity contribution is -0.114. The third kappa shape index (κ3) is 1.78. The summed E-state index contributed by atoms with van der Waals surface area (Å²) in [5, 5.41) is 4.88. The number of nitrogens with one attached hydrogen (secondary N) is 1. The molecule has 0 amide bonds. The second-order valence-corrected chi connectivity index (χ2v) is 5.23. The molecule has 0 spiro atoms. The van der Waals surface area contributed by atoms with Crippen molar-refractivity contribution in [3.63, 3.8) is 0 Å². The highest BCUT2D eigenvalue weighted by molar-refractivity contribution is 7.87. The molecule has 5 N–H and O–H groups in total. The summed E-state index contributed by atoms with van der Waals surface area (Å²) in [6.07, 6.45) is 1.92. The molecule has 4 unspecified atom stereocenters. The highest BCUT2D eigenvalue weighted by Gasteiger charge is 2.51. The van der Waals surface area contributed by atoms with E-state index in [0.29, 0.717) is 6.61 Å². The van der Waals surface area contributed by atoms with Crippen LogP contribution in [0.25, 0.3) is 0 Å². The zero-order valence-corrected chi connectivity index (χ0v) is 8.53. The second kappa shape index (κ2) is 3.42. The molecule has 1 aliphatic heterocycles. The largest absolute Gasteiger partial charge is 0.376 e. The minimum atomic E-state index is -3.68. The van der Waals surface area contributed by atoms with Crippen molar-refractivity contribution in [1.82, 2.24) is 4.72 Å². The monoisotopic (exact) mass is 221 g/mol. The highest BCUT2D eigenvalue weighted by Crippen LogP contribution is 2.36. The third-order valence-electron chi connectivity index (χ3n) is 2.98. The Bertz CT molecular complexity index is 318. The van der Waals surface area contributed by atoms with E-state index in [9.17, 15) is 8.42 Å². The molecule has 4 atom stereocenters. The molecule has 1 heterocycles. The molecule has 1 saturated heterocycles. The highest BCUT2D eigenvalue weighted by atomic mass is 32.2. The summed E-state index contributed by atoms with van der Waals surface area (Å²) in [7, 11) is -3.68. The van der Waals surface area contributed by atoms with E-state index in [0.717, 1.165) is 12.8 Å². The van der Waals surface area contributed by atoms with Gasteiger partial charge >= 0.3 is 0 Å². The van der Waals surface area contributed by atoms with Crippen LogP contribution in [0.5, 0.6) is 0 Å². The third-order valence-corrected chi connectivity index (χ3v) is 3.58. The van der Waals surface area contributed by atoms with Gasteiger partial charge in [0.2, 0.25) is 0 Å². The zero-order chi connectivity index (χ0) is 10.3. The number of hydrogen-bond donors (Lipinski definition) is 3. The van der Waals surface area contributed by atoms with Gasteiger partial charge in [0.25, 0.3) is 10.2 Å². The minimum absolute atomic E-state index is 0.0860. The first-order valence-corrected chi connectivity index (χ1v) is 6.21. The molecule has 2 fully saturated rings. The van der Waals surface area contributed by atoms with Gasteiger partial charge in [-0.1, -0.05) is 0 Å². The number of hydrogen-bond acceptors (Lipinski definition) is 4. The van der Waals surface area contributed by atoms with Gasteiger partial charge < -0.3 is 10.5 Å². The van der Waals surface area contributed by atoms with Crippen LogP contribution in [-0.4, -0.2) is 33.2 Å². The van der Waals surface area contributed by atoms with Gasteiger partial charge in [0.15, 0.2) is 0 Å². The van der Waals surface area contributed by atoms with Gasteiger partial charge in [-0.2, -0.15) is 13.1 Å². The van der Waals surface area contributed by atoms with Crippen molar-refractivity contribution >= 4 is 10.2 Å². The molecule has 0 radical (unpaired) electrons. The van der Waals surface area contributed by atoms with Crippen LogP contribution in [0.1, 0.15) is 12.8 Å². The van der Waals surface area contributed by atoms with Crippen LogP contribution < -0.4 is 15.6 Å². The summed E-state index contributed by atoms with van der Waals surface area (Å²) in [6, 6.07) is -0.520. The fourth-order valence-electron chi connectivity index (χ4n) is 2.28. The molecule has 2 aliphatic rings. The SMILES string of the molecule is NC1C2CCCOC2C1NS(N)(=O)=O. The second-order valence-electron chi connectivity index (χ2n) is 3.91. The van der Waals surface area contributed by atoms with Crippen molar-refractivity contribution in [2.45, 2.75) is 31.0 Å². The molecule has 1 saturated carbocycles. The van der Waals surface area contributed by atoms with Gasteiger partial charge in [0, 0.05) is 18.6 Å². The van der Waals surface area contributed by atoms with Crippen LogP contribution in [0.4, 0.5) is 0 Å². The Morgan fingerprint density at radius 3 is 2.79 bits per heavy atom. The van der Waals surface area contributed by atoms with Gasteiger partial charge in [-0.05, 0) is 12.8 Å². The average molecular weight is 221 g/mol. The summed E-state index contributed by atoms with van der Waals surface area (Å²) in [5.41, 5.74) is 5.82. The Hall–Kier alpha value is -0.210. The number of fused-ring (bicyclic) bond motifs is 1. The Labute approximate surface area is 83.2 Å². The van der Waals surface area contributed by atoms with Crippen molar-refractivity contribution in [2.75, 3.05) is 6.61 Å². The lowest BCUT2D eigenvalue weighted by atomic mass is 9.69. The summed E-state index contributed by atoms with van der Waals surface area (Å²) >= 11 is 0. The van der Waals surface area contributed by atoms with E-state index in [1.165, 1.54) is 0 Å². The van der Waals surface area contributed by atoms with Crippen LogP contribution in [-0.2, 0) is 14.9 Å². The molecule has 0 aromatic carbocycles. The van der Waals surface area contributed by atoms with Gasteiger partial charge in [-0.15, -0.1) is 0 Å². The Kier molecular flexibility index (Phi) is 2.52. The summed E-state index contributed by atoms with van der Waals surface area (Å²) < 4.78 is 29.4. The maximum atomic E-state index is 10.8. The molecule has 14 heavy (non-hydrogen) atoms. The Morgan fingerprint density at radius 1 is 1.43 bits per heavy atom. The number of ether oxygens (including phenoxy) is 1. The van der Waals surface area contributed by atoms with E-state index in [1.54, 1.807) is 0 Å². The van der Waals surface area contributed by atoms with Gasteiger partial charge in [0.1, 0.15) is 0 Å². The fraction of sp³-hybridized carbons (Fsp3) is 1.00. The van der Waals surface area contributed by atoms with E-state index in [2.05, 4.69) is 4.72 Å². The maximum Gasteiger partial charge on any atom is 0.274 e. The molecule has 0 aromatic heterocycles. The molecule has 0 bridgehead atoms. The van der Waals surface area contributed by atoms with E-state index in [-0.39, 0.29) is 24.1 Å². The first-order valence-electron chi connectivity index (χ1n) is 4.66. The normalized spacial score (nSPS) is 42.7. The van der Waals surface area contributed by atoms with E-state index in [1.807, 2.05) is 0 Å². The summed E-state index contributed by atoms with van der Waals surface area (Å²) in [6.45, 7) is 0.677. The topological polar surface area (TPSA) is 107 Å². The molecule has 2 rings (SSSR count). The van der Waals surface area contributed by atoms with Crippen LogP contribution in [0, 0.1) is 5.92 Å². The van der Waals surface area contributed by atoms with Crippen molar-refractivity contribution in [2.24, 2.45) is 16.8 Å². The average Bonchev–Trinajstić information content (AvgIpc) is 2.13. The standard InChI is InChI=1S/C7H15N3O3S/c8-5-4-2-1-3-13-7(4)6(5)10-14(9,11)12/h4-7,10H,1-3,8H2,(H2,9,11,12). The smallest absolute Gasteiger partial charge is 0.274 e. The van der Waals surface area contributed by atoms with Gasteiger partial charge in [-0.3, -0.25) is 0 Å². The van der Waals surface area contributed by atoms with Crippen molar-refractivity contribution in [3.8, 4) is 0 Å². The molecule has 6 nitrogen and oxygen atoms in total. The molecular formula is C7H15N3O3S. The van der Waals surface area contributed by atoms with Crippen molar-refractivity contribution < 1.29 is 13.2 Å². The lowest BCUT2D eigenvalue weighted by Gasteiger charge is -2.51. The zero-order valence-electron chi connectivity index (χ0n) is 7.72. The first-order chi connectivity index (χ1) is 6.49. The summed E-state index contributed by atoms with van der Waals surface area (Å²) in [4.78, 5) is 0.